The van der Waals surface area contributed by atoms with Gasteiger partial charge in [-0.25, -0.2) is 4.90 Å². The van der Waals surface area contributed by atoms with Gasteiger partial charge in [-0.3, -0.25) is 19.4 Å². The number of anilines is 2. The summed E-state index contributed by atoms with van der Waals surface area (Å²) in [7, 11) is 4.44. The smallest absolute Gasteiger partial charge is 0.263 e. The SMILES string of the molecule is COc1ccc(NC(=O)CN2N=N[C@@H]3C(=O)N(c4ccc(OC)c(Cl)c4)C(=O)[C@H]32)c(OC)c1. The van der Waals surface area contributed by atoms with E-state index in [2.05, 4.69) is 15.7 Å². The zero-order chi connectivity index (χ0) is 23.7. The quantitative estimate of drug-likeness (QED) is 0.612. The molecule has 0 unspecified atom stereocenters. The summed E-state index contributed by atoms with van der Waals surface area (Å²) in [5.74, 6) is -0.190. The Morgan fingerprint density at radius 2 is 1.79 bits per heavy atom. The molecule has 1 saturated heterocycles. The van der Waals surface area contributed by atoms with Crippen LogP contribution in [0.5, 0.6) is 17.2 Å². The number of rotatable bonds is 7. The molecule has 0 radical (unpaired) electrons. The van der Waals surface area contributed by atoms with E-state index in [1.807, 2.05) is 0 Å². The van der Waals surface area contributed by atoms with Crippen LogP contribution in [0.15, 0.2) is 46.7 Å². The number of halogens is 1. The molecule has 4 rings (SSSR count). The summed E-state index contributed by atoms with van der Waals surface area (Å²) in [6.45, 7) is -0.296. The molecule has 3 amide bonds. The number of methoxy groups -OCH3 is 3. The Labute approximate surface area is 193 Å². The Morgan fingerprint density at radius 1 is 1.03 bits per heavy atom. The molecule has 12 heteroatoms. The van der Waals surface area contributed by atoms with E-state index in [1.54, 1.807) is 30.3 Å². The summed E-state index contributed by atoms with van der Waals surface area (Å²) < 4.78 is 15.5. The van der Waals surface area contributed by atoms with E-state index in [-0.39, 0.29) is 17.3 Å². The molecule has 2 aromatic carbocycles. The highest BCUT2D eigenvalue weighted by Crippen LogP contribution is 2.35. The van der Waals surface area contributed by atoms with E-state index in [0.29, 0.717) is 22.9 Å². The minimum atomic E-state index is -1.04. The maximum atomic E-state index is 13.1. The molecule has 1 fully saturated rings. The van der Waals surface area contributed by atoms with Gasteiger partial charge >= 0.3 is 0 Å². The first kappa shape index (κ1) is 22.3. The van der Waals surface area contributed by atoms with Gasteiger partial charge in [0.2, 0.25) is 5.91 Å². The molecule has 2 atom stereocenters. The van der Waals surface area contributed by atoms with Crippen molar-refractivity contribution in [2.24, 2.45) is 10.3 Å². The Kier molecular flexibility index (Phi) is 6.05. The number of ether oxygens (including phenoxy) is 3. The Bertz CT molecular complexity index is 1160. The Morgan fingerprint density at radius 3 is 2.45 bits per heavy atom. The highest BCUT2D eigenvalue weighted by Gasteiger charge is 2.55. The number of hydrogen-bond acceptors (Lipinski definition) is 9. The summed E-state index contributed by atoms with van der Waals surface area (Å²) in [4.78, 5) is 39.6. The van der Waals surface area contributed by atoms with E-state index in [0.717, 1.165) is 4.90 Å². The minimum Gasteiger partial charge on any atom is -0.497 e. The van der Waals surface area contributed by atoms with Gasteiger partial charge in [0.05, 0.1) is 37.7 Å². The third-order valence-corrected chi connectivity index (χ3v) is 5.54. The van der Waals surface area contributed by atoms with E-state index >= 15 is 0 Å². The lowest BCUT2D eigenvalue weighted by atomic mass is 10.1. The lowest BCUT2D eigenvalue weighted by Crippen LogP contribution is -2.43. The molecule has 0 spiro atoms. The third kappa shape index (κ3) is 4.02. The fourth-order valence-electron chi connectivity index (χ4n) is 3.64. The van der Waals surface area contributed by atoms with Gasteiger partial charge in [0.1, 0.15) is 23.8 Å². The predicted octanol–water partition coefficient (Wildman–Crippen LogP) is 2.30. The second kappa shape index (κ2) is 8.94. The van der Waals surface area contributed by atoms with Crippen LogP contribution in [0.1, 0.15) is 0 Å². The van der Waals surface area contributed by atoms with Gasteiger partial charge in [0.15, 0.2) is 12.1 Å². The Balaban J connectivity index is 1.49. The van der Waals surface area contributed by atoms with Crippen LogP contribution < -0.4 is 24.4 Å². The first-order valence-corrected chi connectivity index (χ1v) is 10.2. The summed E-state index contributed by atoms with van der Waals surface area (Å²) in [5, 5.41) is 11.9. The van der Waals surface area contributed by atoms with Crippen molar-refractivity contribution in [3.05, 3.63) is 41.4 Å². The summed E-state index contributed by atoms with van der Waals surface area (Å²) >= 11 is 6.14. The van der Waals surface area contributed by atoms with Crippen LogP contribution in [0, 0.1) is 0 Å². The van der Waals surface area contributed by atoms with Gasteiger partial charge in [-0.15, -0.1) is 0 Å². The van der Waals surface area contributed by atoms with Crippen molar-refractivity contribution >= 4 is 40.7 Å². The first-order chi connectivity index (χ1) is 15.9. The summed E-state index contributed by atoms with van der Waals surface area (Å²) in [6, 6.07) is 7.42. The van der Waals surface area contributed by atoms with Crippen molar-refractivity contribution in [3.8, 4) is 17.2 Å². The Hall–Kier alpha value is -3.86. The van der Waals surface area contributed by atoms with Crippen LogP contribution in [0.4, 0.5) is 11.4 Å². The van der Waals surface area contributed by atoms with Crippen LogP contribution >= 0.6 is 11.6 Å². The number of fused-ring (bicyclic) bond motifs is 1. The highest BCUT2D eigenvalue weighted by molar-refractivity contribution is 6.33. The second-order valence-electron chi connectivity index (χ2n) is 7.14. The summed E-state index contributed by atoms with van der Waals surface area (Å²) in [6.07, 6.45) is 0. The molecule has 0 aliphatic carbocycles. The van der Waals surface area contributed by atoms with Crippen LogP contribution in [0.25, 0.3) is 0 Å². The van der Waals surface area contributed by atoms with Gasteiger partial charge < -0.3 is 19.5 Å². The molecule has 0 aromatic heterocycles. The zero-order valence-electron chi connectivity index (χ0n) is 17.9. The molecule has 2 aliphatic heterocycles. The van der Waals surface area contributed by atoms with Crippen molar-refractivity contribution in [1.82, 2.24) is 5.01 Å². The van der Waals surface area contributed by atoms with Gasteiger partial charge in [-0.2, -0.15) is 5.11 Å². The lowest BCUT2D eigenvalue weighted by molar-refractivity contribution is -0.123. The minimum absolute atomic E-state index is 0.249. The molecular formula is C21H20ClN5O6. The number of nitrogens with zero attached hydrogens (tertiary/aromatic N) is 4. The average molecular weight is 474 g/mol. The van der Waals surface area contributed by atoms with Crippen LogP contribution in [-0.2, 0) is 14.4 Å². The fraction of sp³-hybridized carbons (Fsp3) is 0.286. The lowest BCUT2D eigenvalue weighted by Gasteiger charge is -2.20. The average Bonchev–Trinajstić information content (AvgIpc) is 3.33. The number of nitrogens with one attached hydrogen (secondary N) is 1. The number of hydrogen-bond donors (Lipinski definition) is 1. The van der Waals surface area contributed by atoms with Crippen molar-refractivity contribution in [1.29, 1.82) is 0 Å². The normalized spacial score (nSPS) is 19.0. The molecule has 2 heterocycles. The van der Waals surface area contributed by atoms with Crippen LogP contribution in [0.2, 0.25) is 5.02 Å². The largest absolute Gasteiger partial charge is 0.497 e. The number of imide groups is 1. The molecule has 33 heavy (non-hydrogen) atoms. The van der Waals surface area contributed by atoms with Gasteiger partial charge in [-0.1, -0.05) is 16.8 Å². The van der Waals surface area contributed by atoms with Gasteiger partial charge in [0.25, 0.3) is 11.8 Å². The molecule has 0 saturated carbocycles. The van der Waals surface area contributed by atoms with Crippen LogP contribution in [0.3, 0.4) is 0 Å². The predicted molar refractivity (Wildman–Crippen MR) is 118 cm³/mol. The molecule has 2 aliphatic rings. The topological polar surface area (TPSA) is 122 Å². The first-order valence-electron chi connectivity index (χ1n) is 9.78. The molecule has 2 aromatic rings. The van der Waals surface area contributed by atoms with Crippen molar-refractivity contribution in [3.63, 3.8) is 0 Å². The fourth-order valence-corrected chi connectivity index (χ4v) is 3.89. The van der Waals surface area contributed by atoms with Crippen molar-refractivity contribution in [2.45, 2.75) is 12.1 Å². The number of benzene rings is 2. The third-order valence-electron chi connectivity index (χ3n) is 5.24. The van der Waals surface area contributed by atoms with E-state index in [1.165, 1.54) is 32.4 Å². The van der Waals surface area contributed by atoms with Gasteiger partial charge in [-0.05, 0) is 30.3 Å². The molecule has 0 bridgehead atoms. The molecular weight excluding hydrogens is 454 g/mol. The second-order valence-corrected chi connectivity index (χ2v) is 7.54. The standard InChI is InChI=1S/C21H20ClN5O6/c1-31-12-5-6-14(16(9-12)33-3)23-17(28)10-26-19-18(24-25-26)20(29)27(21(19)30)11-4-7-15(32-2)13(22)8-11/h4-9,18-19H,10H2,1-3H3,(H,23,28)/t18-,19-/m0/s1. The number of amides is 3. The number of carbonyl (C=O) groups is 3. The monoisotopic (exact) mass is 473 g/mol. The van der Waals surface area contributed by atoms with E-state index in [9.17, 15) is 14.4 Å². The maximum Gasteiger partial charge on any atom is 0.263 e. The van der Waals surface area contributed by atoms with E-state index < -0.39 is 29.8 Å². The van der Waals surface area contributed by atoms with Crippen LogP contribution in [-0.4, -0.2) is 62.7 Å². The molecule has 172 valence electrons. The van der Waals surface area contributed by atoms with E-state index in [4.69, 9.17) is 25.8 Å². The highest BCUT2D eigenvalue weighted by atomic mass is 35.5. The maximum absolute atomic E-state index is 13.1. The molecule has 1 N–H and O–H groups in total. The zero-order valence-corrected chi connectivity index (χ0v) is 18.7. The van der Waals surface area contributed by atoms with Gasteiger partial charge in [0, 0.05) is 6.07 Å². The van der Waals surface area contributed by atoms with Crippen molar-refractivity contribution < 1.29 is 28.6 Å². The summed E-state index contributed by atoms with van der Waals surface area (Å²) in [5.41, 5.74) is 0.701. The number of carbonyl (C=O) groups excluding carboxylic acids is 3. The molecule has 11 nitrogen and oxygen atoms in total. The van der Waals surface area contributed by atoms with Crippen molar-refractivity contribution in [2.75, 3.05) is 38.1 Å².